The molecule has 6 nitrogen and oxygen atoms in total. The van der Waals surface area contributed by atoms with Gasteiger partial charge >= 0.3 is 0 Å². The maximum atomic E-state index is 14.7. The van der Waals surface area contributed by atoms with Crippen LogP contribution in [0.4, 0.5) is 10.2 Å². The minimum atomic E-state index is -0.367. The highest BCUT2D eigenvalue weighted by Gasteiger charge is 2.32. The third-order valence-corrected chi connectivity index (χ3v) is 9.36. The summed E-state index contributed by atoms with van der Waals surface area (Å²) in [6.07, 6.45) is 5.38. The van der Waals surface area contributed by atoms with Gasteiger partial charge in [-0.1, -0.05) is 23.7 Å². The number of nitrogens with zero attached hydrogens (tertiary/aromatic N) is 2. The van der Waals surface area contributed by atoms with Gasteiger partial charge in [0, 0.05) is 41.3 Å². The van der Waals surface area contributed by atoms with Crippen LogP contribution in [0.3, 0.4) is 0 Å². The summed E-state index contributed by atoms with van der Waals surface area (Å²) in [5.41, 5.74) is 9.36. The van der Waals surface area contributed by atoms with Crippen LogP contribution in [-0.2, 0) is 6.54 Å². The van der Waals surface area contributed by atoms with Gasteiger partial charge in [0.2, 0.25) is 0 Å². The molecule has 2 heterocycles. The number of hydrogen-bond acceptors (Lipinski definition) is 6. The first-order chi connectivity index (χ1) is 18.8. The van der Waals surface area contributed by atoms with E-state index in [2.05, 4.69) is 10.3 Å². The number of nitrogens with two attached hydrogens (primary N) is 1. The van der Waals surface area contributed by atoms with Crippen molar-refractivity contribution >= 4 is 44.7 Å². The van der Waals surface area contributed by atoms with Gasteiger partial charge in [-0.3, -0.25) is 4.79 Å². The number of thiophene rings is 1. The SMILES string of the molecule is CNC1CCC(N(Cc2cc(-c3ccc(N)nc3)ccc2OC)C(=O)c2sc3c(F)ccc(C)c3c2Cl)CC1. The van der Waals surface area contributed by atoms with Gasteiger partial charge in [0.05, 0.1) is 16.8 Å². The van der Waals surface area contributed by atoms with Gasteiger partial charge in [-0.2, -0.15) is 0 Å². The number of carbonyl (C=O) groups excluding carboxylic acids is 1. The molecule has 0 saturated heterocycles. The number of benzene rings is 2. The molecule has 1 fully saturated rings. The summed E-state index contributed by atoms with van der Waals surface area (Å²) in [5, 5.41) is 4.29. The maximum absolute atomic E-state index is 14.7. The molecule has 204 valence electrons. The van der Waals surface area contributed by atoms with Crippen molar-refractivity contribution in [3.8, 4) is 16.9 Å². The van der Waals surface area contributed by atoms with Crippen LogP contribution in [0, 0.1) is 12.7 Å². The third kappa shape index (κ3) is 5.46. The van der Waals surface area contributed by atoms with Crippen LogP contribution in [0.2, 0.25) is 5.02 Å². The van der Waals surface area contributed by atoms with Crippen molar-refractivity contribution in [2.45, 2.75) is 51.2 Å². The van der Waals surface area contributed by atoms with Gasteiger partial charge in [0.15, 0.2) is 0 Å². The highest BCUT2D eigenvalue weighted by atomic mass is 35.5. The molecule has 1 amide bonds. The van der Waals surface area contributed by atoms with E-state index in [1.165, 1.54) is 6.07 Å². The molecule has 2 aromatic heterocycles. The van der Waals surface area contributed by atoms with E-state index in [1.54, 1.807) is 25.4 Å². The topological polar surface area (TPSA) is 80.5 Å². The van der Waals surface area contributed by atoms with E-state index in [0.717, 1.165) is 59.3 Å². The smallest absolute Gasteiger partial charge is 0.266 e. The molecule has 0 radical (unpaired) electrons. The number of aryl methyl sites for hydroxylation is 1. The van der Waals surface area contributed by atoms with Crippen molar-refractivity contribution in [1.29, 1.82) is 0 Å². The number of nitrogens with one attached hydrogen (secondary N) is 1. The van der Waals surface area contributed by atoms with Gasteiger partial charge in [-0.25, -0.2) is 9.37 Å². The lowest BCUT2D eigenvalue weighted by Crippen LogP contribution is -2.44. The zero-order valence-electron chi connectivity index (χ0n) is 22.3. The molecule has 1 aliphatic carbocycles. The molecular weight excluding hydrogens is 535 g/mol. The fourth-order valence-electron chi connectivity index (χ4n) is 5.44. The molecule has 0 spiro atoms. The number of aromatic nitrogens is 1. The second kappa shape index (κ2) is 11.5. The molecule has 1 aliphatic rings. The number of methoxy groups -OCH3 is 1. The van der Waals surface area contributed by atoms with Crippen LogP contribution in [0.25, 0.3) is 21.2 Å². The Morgan fingerprint density at radius 1 is 1.18 bits per heavy atom. The molecule has 1 saturated carbocycles. The number of amides is 1. The fraction of sp³-hybridized carbons (Fsp3) is 0.333. The van der Waals surface area contributed by atoms with Crippen LogP contribution < -0.4 is 15.8 Å². The Labute approximate surface area is 236 Å². The van der Waals surface area contributed by atoms with Crippen molar-refractivity contribution in [2.24, 2.45) is 0 Å². The van der Waals surface area contributed by atoms with Crippen molar-refractivity contribution in [2.75, 3.05) is 19.9 Å². The lowest BCUT2D eigenvalue weighted by Gasteiger charge is -2.37. The summed E-state index contributed by atoms with van der Waals surface area (Å²) in [5.74, 6) is 0.588. The standard InChI is InChI=1S/C30H32ClFN4O2S/c1-17-4-11-23(32)28-26(17)27(31)29(39-28)30(37)36(22-9-7-21(34-2)8-10-22)16-20-14-18(5-12-24(20)38-3)19-6-13-25(33)35-15-19/h4-6,11-15,21-22,34H,7-10,16H2,1-3H3,(H2,33,35). The highest BCUT2D eigenvalue weighted by Crippen LogP contribution is 2.41. The predicted octanol–water partition coefficient (Wildman–Crippen LogP) is 6.83. The normalized spacial score (nSPS) is 17.4. The van der Waals surface area contributed by atoms with Crippen LogP contribution in [0.1, 0.15) is 46.5 Å². The minimum absolute atomic E-state index is 0.0147. The van der Waals surface area contributed by atoms with Crippen molar-refractivity contribution in [1.82, 2.24) is 15.2 Å². The summed E-state index contributed by atoms with van der Waals surface area (Å²) >= 11 is 7.91. The summed E-state index contributed by atoms with van der Waals surface area (Å²) in [6, 6.07) is 13.2. The Balaban J connectivity index is 1.55. The molecular formula is C30H32ClFN4O2S. The van der Waals surface area contributed by atoms with E-state index in [-0.39, 0.29) is 17.8 Å². The van der Waals surface area contributed by atoms with Gasteiger partial charge in [0.25, 0.3) is 5.91 Å². The number of pyridine rings is 1. The molecule has 3 N–H and O–H groups in total. The summed E-state index contributed by atoms with van der Waals surface area (Å²) < 4.78 is 20.9. The van der Waals surface area contributed by atoms with Crippen molar-refractivity contribution in [3.63, 3.8) is 0 Å². The number of carbonyl (C=O) groups is 1. The molecule has 5 rings (SSSR count). The second-order valence-corrected chi connectivity index (χ2v) is 11.4. The number of halogens is 2. The van der Waals surface area contributed by atoms with Crippen molar-refractivity contribution in [3.05, 3.63) is 75.5 Å². The van der Waals surface area contributed by atoms with Crippen LogP contribution >= 0.6 is 22.9 Å². The van der Waals surface area contributed by atoms with Crippen molar-refractivity contribution < 1.29 is 13.9 Å². The third-order valence-electron chi connectivity index (χ3n) is 7.68. The first kappa shape index (κ1) is 27.4. The molecule has 0 bridgehead atoms. The molecule has 9 heteroatoms. The summed E-state index contributed by atoms with van der Waals surface area (Å²) in [6.45, 7) is 2.22. The van der Waals surface area contributed by atoms with Gasteiger partial charge in [0.1, 0.15) is 22.3 Å². The van der Waals surface area contributed by atoms with E-state index < -0.39 is 0 Å². The number of anilines is 1. The quantitative estimate of drug-likeness (QED) is 0.256. The first-order valence-electron chi connectivity index (χ1n) is 13.0. The number of ether oxygens (including phenoxy) is 1. The maximum Gasteiger partial charge on any atom is 0.266 e. The average molecular weight is 567 g/mol. The molecule has 4 aromatic rings. The Morgan fingerprint density at radius 2 is 1.92 bits per heavy atom. The summed E-state index contributed by atoms with van der Waals surface area (Å²) in [4.78, 5) is 20.7. The van der Waals surface area contributed by atoms with E-state index in [0.29, 0.717) is 44.1 Å². The Morgan fingerprint density at radius 3 is 2.56 bits per heavy atom. The number of nitrogen functional groups attached to an aromatic ring is 1. The lowest BCUT2D eigenvalue weighted by molar-refractivity contribution is 0.0604. The zero-order chi connectivity index (χ0) is 27.7. The van der Waals surface area contributed by atoms with Crippen LogP contribution in [0.15, 0.2) is 48.7 Å². The second-order valence-electron chi connectivity index (χ2n) is 10.0. The molecule has 39 heavy (non-hydrogen) atoms. The fourth-order valence-corrected chi connectivity index (χ4v) is 7.07. The van der Waals surface area contributed by atoms with Crippen LogP contribution in [0.5, 0.6) is 5.75 Å². The lowest BCUT2D eigenvalue weighted by atomic mass is 9.89. The Bertz CT molecular complexity index is 1500. The first-order valence-corrected chi connectivity index (χ1v) is 14.2. The predicted molar refractivity (Wildman–Crippen MR) is 157 cm³/mol. The minimum Gasteiger partial charge on any atom is -0.496 e. The van der Waals surface area contributed by atoms with Gasteiger partial charge < -0.3 is 20.7 Å². The monoisotopic (exact) mass is 566 g/mol. The van der Waals surface area contributed by atoms with E-state index >= 15 is 0 Å². The zero-order valence-corrected chi connectivity index (χ0v) is 23.8. The molecule has 0 atom stereocenters. The average Bonchev–Trinajstić information content (AvgIpc) is 3.32. The van der Waals surface area contributed by atoms with E-state index in [9.17, 15) is 9.18 Å². The molecule has 0 aliphatic heterocycles. The summed E-state index contributed by atoms with van der Waals surface area (Å²) in [7, 11) is 3.60. The Hall–Kier alpha value is -3.20. The Kier molecular flexibility index (Phi) is 8.07. The number of hydrogen-bond donors (Lipinski definition) is 2. The molecule has 2 aromatic carbocycles. The number of rotatable bonds is 7. The largest absolute Gasteiger partial charge is 0.496 e. The van der Waals surface area contributed by atoms with E-state index in [1.807, 2.05) is 43.1 Å². The van der Waals surface area contributed by atoms with Gasteiger partial charge in [-0.15, -0.1) is 11.3 Å². The van der Waals surface area contributed by atoms with Crippen LogP contribution in [-0.4, -0.2) is 42.0 Å². The van der Waals surface area contributed by atoms with E-state index in [4.69, 9.17) is 22.1 Å². The molecule has 0 unspecified atom stereocenters. The highest BCUT2D eigenvalue weighted by molar-refractivity contribution is 7.21. The van der Waals surface area contributed by atoms with Gasteiger partial charge in [-0.05, 0) is 81.1 Å². The number of fused-ring (bicyclic) bond motifs is 1.